The Hall–Kier alpha value is -8.60. The normalized spacial score (nSPS) is 17.1. The average molecular weight is 913 g/mol. The molecule has 1 N–H and O–H groups in total. The van der Waals surface area contributed by atoms with E-state index >= 15 is 0 Å². The van der Waals surface area contributed by atoms with Crippen LogP contribution in [0.15, 0.2) is 242 Å². The number of para-hydroxylation sites is 2. The lowest BCUT2D eigenvalue weighted by Gasteiger charge is -2.31. The molecule has 0 bridgehead atoms. The first-order valence-corrected chi connectivity index (χ1v) is 25.3. The van der Waals surface area contributed by atoms with Crippen LogP contribution >= 0.6 is 0 Å². The van der Waals surface area contributed by atoms with Crippen molar-refractivity contribution in [2.45, 2.75) is 37.6 Å². The minimum atomic E-state index is 0.241. The van der Waals surface area contributed by atoms with Crippen LogP contribution in [0.4, 0.5) is 22.7 Å². The number of hydrogen-bond donors (Lipinski definition) is 1. The second-order valence-electron chi connectivity index (χ2n) is 19.5. The molecule has 4 heteroatoms. The Morgan fingerprint density at radius 2 is 1.28 bits per heavy atom. The number of nitrogens with one attached hydrogen (secondary N) is 1. The van der Waals surface area contributed by atoms with Crippen molar-refractivity contribution in [2.75, 3.05) is 16.3 Å². The molecule has 10 aromatic rings. The summed E-state index contributed by atoms with van der Waals surface area (Å²) in [6.07, 6.45) is 22.5. The number of aromatic nitrogens is 1. The number of benzene rings is 9. The zero-order valence-corrected chi connectivity index (χ0v) is 39.5. The van der Waals surface area contributed by atoms with Crippen molar-refractivity contribution in [3.8, 4) is 33.4 Å². The molecule has 14 rings (SSSR count). The number of nitrogens with zero attached hydrogens (tertiary/aromatic N) is 3. The monoisotopic (exact) mass is 912 g/mol. The van der Waals surface area contributed by atoms with Crippen LogP contribution in [0.3, 0.4) is 0 Å². The van der Waals surface area contributed by atoms with Crippen LogP contribution in [-0.2, 0) is 0 Å². The van der Waals surface area contributed by atoms with E-state index < -0.39 is 0 Å². The highest BCUT2D eigenvalue weighted by Gasteiger charge is 2.39. The van der Waals surface area contributed by atoms with Gasteiger partial charge in [0.2, 0.25) is 0 Å². The van der Waals surface area contributed by atoms with E-state index in [1.54, 1.807) is 0 Å². The summed E-state index contributed by atoms with van der Waals surface area (Å²) in [7, 11) is 0. The zero-order chi connectivity index (χ0) is 46.8. The molecular weight excluding hydrogens is 861 g/mol. The molecule has 2 unspecified atom stereocenters. The Bertz CT molecular complexity index is 3920. The summed E-state index contributed by atoms with van der Waals surface area (Å²) in [5, 5.41) is 11.1. The van der Waals surface area contributed by atoms with Crippen molar-refractivity contribution in [2.24, 2.45) is 0 Å². The molecule has 2 aliphatic carbocycles. The van der Waals surface area contributed by atoms with Crippen LogP contribution < -0.4 is 15.1 Å². The van der Waals surface area contributed by atoms with Gasteiger partial charge in [0.05, 0.1) is 22.8 Å². The van der Waals surface area contributed by atoms with Gasteiger partial charge in [-0.05, 0) is 172 Å². The van der Waals surface area contributed by atoms with Gasteiger partial charge in [-0.25, -0.2) is 0 Å². The SMILES string of the molecule is C1=CCCC(n2c3ccccc3c3c(-c4cc(-c5cccc(N(C6=CCNC=C6)c6ccccc6)c5)cc(-c5ccc6c(c5)N(c5cc7ccccc7c7ccccc57)C5C=CCCC65)c4)cccc32)=C1. The molecule has 340 valence electrons. The van der Waals surface area contributed by atoms with E-state index in [0.717, 1.165) is 49.3 Å². The maximum Gasteiger partial charge on any atom is 0.0592 e. The van der Waals surface area contributed by atoms with Crippen molar-refractivity contribution in [1.29, 1.82) is 0 Å². The van der Waals surface area contributed by atoms with Crippen LogP contribution in [0.5, 0.6) is 0 Å². The summed E-state index contributed by atoms with van der Waals surface area (Å²) in [6.45, 7) is 0.781. The van der Waals surface area contributed by atoms with Gasteiger partial charge >= 0.3 is 0 Å². The second-order valence-corrected chi connectivity index (χ2v) is 19.5. The third kappa shape index (κ3) is 6.96. The first-order valence-electron chi connectivity index (χ1n) is 25.3. The fourth-order valence-corrected chi connectivity index (χ4v) is 12.3. The van der Waals surface area contributed by atoms with Gasteiger partial charge in [0.15, 0.2) is 0 Å². The molecular formula is C67H52N4. The third-order valence-corrected chi connectivity index (χ3v) is 15.4. The largest absolute Gasteiger partial charge is 0.387 e. The van der Waals surface area contributed by atoms with Gasteiger partial charge in [-0.3, -0.25) is 0 Å². The lowest BCUT2D eigenvalue weighted by molar-refractivity contribution is 0.573. The predicted octanol–water partition coefficient (Wildman–Crippen LogP) is 17.4. The minimum Gasteiger partial charge on any atom is -0.387 e. The fourth-order valence-electron chi connectivity index (χ4n) is 12.3. The van der Waals surface area contributed by atoms with Crippen LogP contribution in [0.25, 0.3) is 82.4 Å². The number of fused-ring (bicyclic) bond motifs is 9. The quantitative estimate of drug-likeness (QED) is 0.121. The van der Waals surface area contributed by atoms with E-state index in [0.29, 0.717) is 5.92 Å². The molecule has 3 heterocycles. The molecule has 2 aliphatic heterocycles. The number of dihydropyridines is 1. The molecule has 4 aliphatic rings. The van der Waals surface area contributed by atoms with Gasteiger partial charge in [-0.1, -0.05) is 146 Å². The summed E-state index contributed by atoms with van der Waals surface area (Å²) in [4.78, 5) is 5.05. The number of anilines is 4. The Kier molecular flexibility index (Phi) is 9.97. The van der Waals surface area contributed by atoms with Gasteiger partial charge in [-0.15, -0.1) is 0 Å². The molecule has 0 amide bonds. The van der Waals surface area contributed by atoms with Crippen molar-refractivity contribution in [1.82, 2.24) is 9.88 Å². The highest BCUT2D eigenvalue weighted by molar-refractivity contribution is 6.17. The van der Waals surface area contributed by atoms with Crippen molar-refractivity contribution >= 4 is 71.8 Å². The topological polar surface area (TPSA) is 23.4 Å². The molecule has 1 aromatic heterocycles. The lowest BCUT2D eigenvalue weighted by Crippen LogP contribution is -2.29. The summed E-state index contributed by atoms with van der Waals surface area (Å²) < 4.78 is 2.51. The summed E-state index contributed by atoms with van der Waals surface area (Å²) >= 11 is 0. The molecule has 2 atom stereocenters. The minimum absolute atomic E-state index is 0.241. The second kappa shape index (κ2) is 17.1. The standard InChI is InChI=1S/C67H52N4/c1-3-19-51(20-4-1)69(53-35-37-68-38-36-53)54-23-15-18-45(42-54)48-39-49(41-50(40-48)56-29-16-32-64-67(56)61-28-12-14-31-63(61)70(64)52-21-5-2-6-22-52)46-33-34-60-59-27-11-13-30-62(59)71(65(60)43-46)66-44-47-17-7-8-24-55(47)57-25-9-10-26-58(57)66/h1-5,7-10,12-21,23-26,28-37,39-44,59,62,68H,6,11,22,27,38H2. The molecule has 0 saturated heterocycles. The Morgan fingerprint density at radius 1 is 0.535 bits per heavy atom. The van der Waals surface area contributed by atoms with E-state index in [4.69, 9.17) is 0 Å². The molecule has 0 radical (unpaired) electrons. The van der Waals surface area contributed by atoms with E-state index in [1.807, 2.05) is 0 Å². The molecule has 9 aromatic carbocycles. The Morgan fingerprint density at radius 3 is 2.13 bits per heavy atom. The Balaban J connectivity index is 0.988. The highest BCUT2D eigenvalue weighted by Crippen LogP contribution is 2.53. The molecule has 71 heavy (non-hydrogen) atoms. The molecule has 0 saturated carbocycles. The van der Waals surface area contributed by atoms with Gasteiger partial charge in [-0.2, -0.15) is 0 Å². The maximum absolute atomic E-state index is 3.36. The Labute approximate surface area is 415 Å². The van der Waals surface area contributed by atoms with Crippen LogP contribution in [0, 0.1) is 0 Å². The van der Waals surface area contributed by atoms with Crippen molar-refractivity contribution < 1.29 is 0 Å². The number of hydrogen-bond acceptors (Lipinski definition) is 3. The first-order chi connectivity index (χ1) is 35.2. The third-order valence-electron chi connectivity index (χ3n) is 15.4. The number of rotatable bonds is 8. The number of allylic oxidation sites excluding steroid dienone is 6. The maximum atomic E-state index is 3.36. The summed E-state index contributed by atoms with van der Waals surface area (Å²) in [5.41, 5.74) is 18.4. The van der Waals surface area contributed by atoms with Gasteiger partial charge < -0.3 is 19.7 Å². The molecule has 0 spiro atoms. The fraction of sp³-hybridized carbons (Fsp3) is 0.104. The first kappa shape index (κ1) is 41.4. The van der Waals surface area contributed by atoms with Crippen molar-refractivity contribution in [3.05, 3.63) is 248 Å². The van der Waals surface area contributed by atoms with E-state index in [-0.39, 0.29) is 6.04 Å². The molecule has 0 fully saturated rings. The van der Waals surface area contributed by atoms with E-state index in [2.05, 4.69) is 256 Å². The van der Waals surface area contributed by atoms with Crippen LogP contribution in [0.2, 0.25) is 0 Å². The van der Waals surface area contributed by atoms with Crippen molar-refractivity contribution in [3.63, 3.8) is 0 Å². The smallest absolute Gasteiger partial charge is 0.0592 e. The molecule has 4 nitrogen and oxygen atoms in total. The zero-order valence-electron chi connectivity index (χ0n) is 39.5. The van der Waals surface area contributed by atoms with Gasteiger partial charge in [0.25, 0.3) is 0 Å². The average Bonchev–Trinajstić information content (AvgIpc) is 3.96. The summed E-state index contributed by atoms with van der Waals surface area (Å²) in [6, 6.07) is 71.0. The van der Waals surface area contributed by atoms with E-state index in [9.17, 15) is 0 Å². The van der Waals surface area contributed by atoms with Crippen LogP contribution in [-0.4, -0.2) is 17.2 Å². The summed E-state index contributed by atoms with van der Waals surface area (Å²) in [5.74, 6) is 0.418. The highest BCUT2D eigenvalue weighted by atomic mass is 15.2. The van der Waals surface area contributed by atoms with Gasteiger partial charge in [0.1, 0.15) is 0 Å². The van der Waals surface area contributed by atoms with Crippen LogP contribution in [0.1, 0.15) is 37.2 Å². The lowest BCUT2D eigenvalue weighted by atomic mass is 9.85. The van der Waals surface area contributed by atoms with Gasteiger partial charge in [0, 0.05) is 57.1 Å². The van der Waals surface area contributed by atoms with E-state index in [1.165, 1.54) is 99.4 Å². The predicted molar refractivity (Wildman–Crippen MR) is 301 cm³/mol.